The van der Waals surface area contributed by atoms with Gasteiger partial charge in [0, 0.05) is 7.05 Å². The van der Waals surface area contributed by atoms with E-state index in [0.29, 0.717) is 17.3 Å². The molecule has 0 aliphatic heterocycles. The van der Waals surface area contributed by atoms with Crippen LogP contribution in [0.15, 0.2) is 24.3 Å². The minimum atomic E-state index is -0.288. The molecular formula is C12H14N4O2. The van der Waals surface area contributed by atoms with E-state index in [1.807, 2.05) is 12.1 Å². The highest BCUT2D eigenvalue weighted by Crippen LogP contribution is 2.27. The average molecular weight is 246 g/mol. The highest BCUT2D eigenvalue weighted by Gasteiger charge is 2.20. The van der Waals surface area contributed by atoms with Crippen LogP contribution in [-0.2, 0) is 0 Å². The van der Waals surface area contributed by atoms with E-state index >= 15 is 0 Å². The zero-order valence-corrected chi connectivity index (χ0v) is 10.5. The summed E-state index contributed by atoms with van der Waals surface area (Å²) in [6, 6.07) is 7.28. The van der Waals surface area contributed by atoms with Crippen LogP contribution >= 0.6 is 0 Å². The first-order chi connectivity index (χ1) is 8.63. The minimum Gasteiger partial charge on any atom is -0.495 e. The summed E-state index contributed by atoms with van der Waals surface area (Å²) in [5.41, 5.74) is 0.674. The molecule has 0 aliphatic carbocycles. The number of methoxy groups -OCH3 is 1. The lowest BCUT2D eigenvalue weighted by molar-refractivity contribution is 0.0983. The number of rotatable bonds is 3. The predicted octanol–water partition coefficient (Wildman–Crippen LogP) is 1.40. The zero-order chi connectivity index (χ0) is 13.1. The molecule has 0 unspecified atom stereocenters. The summed E-state index contributed by atoms with van der Waals surface area (Å²) in [5, 5.41) is 6.49. The molecule has 2 rings (SSSR count). The van der Waals surface area contributed by atoms with E-state index in [9.17, 15) is 4.79 Å². The molecule has 6 nitrogen and oxygen atoms in total. The molecule has 0 saturated heterocycles. The normalized spacial score (nSPS) is 10.2. The topological polar surface area (TPSA) is 71.1 Å². The summed E-state index contributed by atoms with van der Waals surface area (Å²) < 4.78 is 5.22. The molecule has 0 aliphatic rings. The number of hydrogen-bond acceptors (Lipinski definition) is 4. The summed E-state index contributed by atoms with van der Waals surface area (Å²) in [6.45, 7) is 1.74. The fraction of sp³-hybridized carbons (Fsp3) is 0.250. The molecule has 2 aromatic rings. The van der Waals surface area contributed by atoms with Gasteiger partial charge in [-0.3, -0.25) is 9.89 Å². The maximum Gasteiger partial charge on any atom is 0.297 e. The van der Waals surface area contributed by atoms with Crippen molar-refractivity contribution >= 4 is 11.6 Å². The molecule has 1 N–H and O–H groups in total. The van der Waals surface area contributed by atoms with E-state index in [4.69, 9.17) is 4.74 Å². The molecule has 0 radical (unpaired) electrons. The van der Waals surface area contributed by atoms with Crippen molar-refractivity contribution in [3.05, 3.63) is 35.9 Å². The third-order valence-corrected chi connectivity index (χ3v) is 2.54. The van der Waals surface area contributed by atoms with Crippen molar-refractivity contribution in [3.63, 3.8) is 0 Å². The first-order valence-corrected chi connectivity index (χ1v) is 5.43. The van der Waals surface area contributed by atoms with E-state index < -0.39 is 0 Å². The Kier molecular flexibility index (Phi) is 3.27. The molecule has 1 amide bonds. The lowest BCUT2D eigenvalue weighted by atomic mass is 10.2. The number of aromatic nitrogens is 3. The van der Waals surface area contributed by atoms with Crippen molar-refractivity contribution in [2.45, 2.75) is 6.92 Å². The van der Waals surface area contributed by atoms with Gasteiger partial charge in [0.15, 0.2) is 0 Å². The number of para-hydroxylation sites is 2. The Bertz CT molecular complexity index is 565. The van der Waals surface area contributed by atoms with Gasteiger partial charge in [-0.2, -0.15) is 0 Å². The van der Waals surface area contributed by atoms with E-state index in [1.54, 1.807) is 33.2 Å². The monoisotopic (exact) mass is 246 g/mol. The SMILES string of the molecule is COc1ccccc1N(C)C(=O)c1n[nH]c(C)n1. The number of carbonyl (C=O) groups excluding carboxylic acids is 1. The molecule has 94 valence electrons. The number of amides is 1. The lowest BCUT2D eigenvalue weighted by Crippen LogP contribution is -2.27. The van der Waals surface area contributed by atoms with Crippen LogP contribution in [0, 0.1) is 6.92 Å². The van der Waals surface area contributed by atoms with Gasteiger partial charge in [0.25, 0.3) is 5.91 Å². The Hall–Kier alpha value is -2.37. The van der Waals surface area contributed by atoms with Crippen molar-refractivity contribution in [2.75, 3.05) is 19.1 Å². The Labute approximate surface area is 105 Å². The molecule has 0 atom stereocenters. The van der Waals surface area contributed by atoms with Gasteiger partial charge >= 0.3 is 0 Å². The van der Waals surface area contributed by atoms with Crippen LogP contribution < -0.4 is 9.64 Å². The molecule has 0 spiro atoms. The third kappa shape index (κ3) is 2.17. The first kappa shape index (κ1) is 12.1. The van der Waals surface area contributed by atoms with Crippen LogP contribution in [0.4, 0.5) is 5.69 Å². The molecule has 18 heavy (non-hydrogen) atoms. The maximum atomic E-state index is 12.2. The number of carbonyl (C=O) groups is 1. The largest absolute Gasteiger partial charge is 0.495 e. The summed E-state index contributed by atoms with van der Waals surface area (Å²) in [7, 11) is 3.22. The number of ether oxygens (including phenoxy) is 1. The third-order valence-electron chi connectivity index (χ3n) is 2.54. The maximum absolute atomic E-state index is 12.2. The van der Waals surface area contributed by atoms with Gasteiger partial charge in [-0.1, -0.05) is 12.1 Å². The standard InChI is InChI=1S/C12H14N4O2/c1-8-13-11(15-14-8)12(17)16(2)9-6-4-5-7-10(9)18-3/h4-7H,1-3H3,(H,13,14,15). The summed E-state index contributed by atoms with van der Waals surface area (Å²) in [6.07, 6.45) is 0. The van der Waals surface area contributed by atoms with Gasteiger partial charge in [0.2, 0.25) is 5.82 Å². The molecule has 0 fully saturated rings. The summed E-state index contributed by atoms with van der Waals surface area (Å²) in [5.74, 6) is 1.08. The number of aryl methyl sites for hydroxylation is 1. The molecule has 1 aromatic carbocycles. The number of hydrogen-bond donors (Lipinski definition) is 1. The number of H-pyrrole nitrogens is 1. The molecule has 0 bridgehead atoms. The van der Waals surface area contributed by atoms with Crippen molar-refractivity contribution in [2.24, 2.45) is 0 Å². The molecule has 0 saturated carbocycles. The fourth-order valence-electron chi connectivity index (χ4n) is 1.60. The van der Waals surface area contributed by atoms with Crippen molar-refractivity contribution in [1.29, 1.82) is 0 Å². The highest BCUT2D eigenvalue weighted by molar-refractivity contribution is 6.03. The van der Waals surface area contributed by atoms with E-state index in [1.165, 1.54) is 4.90 Å². The van der Waals surface area contributed by atoms with Gasteiger partial charge in [-0.05, 0) is 19.1 Å². The quantitative estimate of drug-likeness (QED) is 0.888. The number of aromatic amines is 1. The van der Waals surface area contributed by atoms with Crippen LogP contribution in [0.2, 0.25) is 0 Å². The van der Waals surface area contributed by atoms with Gasteiger partial charge in [0.1, 0.15) is 11.6 Å². The van der Waals surface area contributed by atoms with Crippen LogP contribution in [-0.4, -0.2) is 35.2 Å². The van der Waals surface area contributed by atoms with Crippen molar-refractivity contribution < 1.29 is 9.53 Å². The minimum absolute atomic E-state index is 0.140. The number of nitrogens with one attached hydrogen (secondary N) is 1. The molecule has 1 heterocycles. The lowest BCUT2D eigenvalue weighted by Gasteiger charge is -2.18. The number of anilines is 1. The van der Waals surface area contributed by atoms with Crippen LogP contribution in [0.1, 0.15) is 16.4 Å². The van der Waals surface area contributed by atoms with E-state index in [0.717, 1.165) is 0 Å². The number of benzene rings is 1. The van der Waals surface area contributed by atoms with Gasteiger partial charge in [-0.15, -0.1) is 5.10 Å². The van der Waals surface area contributed by atoms with Crippen LogP contribution in [0.3, 0.4) is 0 Å². The van der Waals surface area contributed by atoms with Gasteiger partial charge in [-0.25, -0.2) is 4.98 Å². The summed E-state index contributed by atoms with van der Waals surface area (Å²) in [4.78, 5) is 17.6. The molecule has 1 aromatic heterocycles. The first-order valence-electron chi connectivity index (χ1n) is 5.43. The Morgan fingerprint density at radius 1 is 1.39 bits per heavy atom. The second-order valence-electron chi connectivity index (χ2n) is 3.78. The average Bonchev–Trinajstić information content (AvgIpc) is 2.83. The highest BCUT2D eigenvalue weighted by atomic mass is 16.5. The number of nitrogens with zero attached hydrogens (tertiary/aromatic N) is 3. The molecule has 6 heteroatoms. The molecular weight excluding hydrogens is 232 g/mol. The smallest absolute Gasteiger partial charge is 0.297 e. The van der Waals surface area contributed by atoms with Crippen molar-refractivity contribution in [3.8, 4) is 5.75 Å². The Morgan fingerprint density at radius 3 is 2.72 bits per heavy atom. The van der Waals surface area contributed by atoms with Crippen LogP contribution in [0.5, 0.6) is 5.75 Å². The van der Waals surface area contributed by atoms with E-state index in [-0.39, 0.29) is 11.7 Å². The van der Waals surface area contributed by atoms with Crippen LogP contribution in [0.25, 0.3) is 0 Å². The van der Waals surface area contributed by atoms with Crippen molar-refractivity contribution in [1.82, 2.24) is 15.2 Å². The van der Waals surface area contributed by atoms with Gasteiger partial charge in [0.05, 0.1) is 12.8 Å². The zero-order valence-electron chi connectivity index (χ0n) is 10.5. The summed E-state index contributed by atoms with van der Waals surface area (Å²) >= 11 is 0. The Balaban J connectivity index is 2.31. The predicted molar refractivity (Wildman–Crippen MR) is 66.8 cm³/mol. The second kappa shape index (κ2) is 4.87. The Morgan fingerprint density at radius 2 is 2.11 bits per heavy atom. The van der Waals surface area contributed by atoms with E-state index in [2.05, 4.69) is 15.2 Å². The van der Waals surface area contributed by atoms with Gasteiger partial charge < -0.3 is 9.64 Å². The second-order valence-corrected chi connectivity index (χ2v) is 3.78. The fourth-order valence-corrected chi connectivity index (χ4v) is 1.60.